The minimum atomic E-state index is -0.312. The van der Waals surface area contributed by atoms with Crippen LogP contribution < -0.4 is 0 Å². The van der Waals surface area contributed by atoms with Gasteiger partial charge < -0.3 is 4.57 Å². The van der Waals surface area contributed by atoms with E-state index in [0.29, 0.717) is 22.3 Å². The van der Waals surface area contributed by atoms with Crippen molar-refractivity contribution in [1.29, 1.82) is 0 Å². The minimum absolute atomic E-state index is 0.0678. The van der Waals surface area contributed by atoms with Crippen molar-refractivity contribution < 1.29 is 9.18 Å². The lowest BCUT2D eigenvalue weighted by molar-refractivity contribution is -0.122. The number of carbonyl (C=O) groups excluding carboxylic acids is 1. The molecule has 1 fully saturated rings. The maximum atomic E-state index is 13.2. The molecule has 1 saturated heterocycles. The van der Waals surface area contributed by atoms with Crippen LogP contribution in [0.2, 0.25) is 0 Å². The lowest BCUT2D eigenvalue weighted by Gasteiger charge is -2.12. The summed E-state index contributed by atoms with van der Waals surface area (Å²) in [6, 6.07) is 16.2. The summed E-state index contributed by atoms with van der Waals surface area (Å²) in [5.74, 6) is -0.380. The molecule has 4 rings (SSSR count). The second-order valence-electron chi connectivity index (χ2n) is 7.17. The van der Waals surface area contributed by atoms with Crippen LogP contribution in [0.4, 0.5) is 10.1 Å². The molecule has 4 nitrogen and oxygen atoms in total. The molecular formula is C24H21BrFN3OS. The molecule has 7 heteroatoms. The fourth-order valence-corrected chi connectivity index (χ4v) is 4.88. The SMILES string of the molecule is CCN1C(=O)/C(=C/c2cc(C)n(-c3ccc(Br)cc3)c2C)SC1=Nc1ccc(F)cc1. The molecule has 0 radical (unpaired) electrons. The third-order valence-corrected chi connectivity index (χ3v) is 6.63. The summed E-state index contributed by atoms with van der Waals surface area (Å²) < 4.78 is 16.4. The van der Waals surface area contributed by atoms with E-state index in [-0.39, 0.29) is 11.7 Å². The lowest BCUT2D eigenvalue weighted by Crippen LogP contribution is -2.28. The summed E-state index contributed by atoms with van der Waals surface area (Å²) in [5, 5.41) is 0.604. The molecule has 1 aromatic heterocycles. The van der Waals surface area contributed by atoms with Crippen molar-refractivity contribution in [2.24, 2.45) is 4.99 Å². The highest BCUT2D eigenvalue weighted by Crippen LogP contribution is 2.35. The van der Waals surface area contributed by atoms with Crippen LogP contribution in [0, 0.1) is 19.7 Å². The van der Waals surface area contributed by atoms with Crippen molar-refractivity contribution in [2.75, 3.05) is 6.54 Å². The maximum Gasteiger partial charge on any atom is 0.266 e. The van der Waals surface area contributed by atoms with Crippen molar-refractivity contribution in [1.82, 2.24) is 9.47 Å². The standard InChI is InChI=1S/C24H21BrFN3OS/c1-4-28-23(30)22(31-24(28)27-20-9-7-19(26)8-10-20)14-17-13-15(2)29(16(17)3)21-11-5-18(25)6-12-21/h5-14H,4H2,1-3H3/b22-14-,27-24?. The van der Waals surface area contributed by atoms with Gasteiger partial charge in [0.1, 0.15) is 5.82 Å². The maximum absolute atomic E-state index is 13.2. The first-order valence-corrected chi connectivity index (χ1v) is 11.5. The molecule has 0 aliphatic carbocycles. The van der Waals surface area contributed by atoms with E-state index in [4.69, 9.17) is 0 Å². The minimum Gasteiger partial charge on any atom is -0.318 e. The molecule has 2 aromatic carbocycles. The number of likely N-dealkylation sites (N-methyl/N-ethyl adjacent to an activating group) is 1. The van der Waals surface area contributed by atoms with E-state index in [1.165, 1.54) is 23.9 Å². The zero-order valence-electron chi connectivity index (χ0n) is 17.4. The summed E-state index contributed by atoms with van der Waals surface area (Å²) in [5.41, 5.74) is 4.84. The first-order chi connectivity index (χ1) is 14.9. The van der Waals surface area contributed by atoms with Crippen LogP contribution in [0.5, 0.6) is 0 Å². The molecule has 0 unspecified atom stereocenters. The second kappa shape index (κ2) is 8.85. The second-order valence-corrected chi connectivity index (χ2v) is 9.09. The first-order valence-electron chi connectivity index (χ1n) is 9.88. The smallest absolute Gasteiger partial charge is 0.266 e. The average molecular weight is 498 g/mol. The summed E-state index contributed by atoms with van der Waals surface area (Å²) in [6.45, 7) is 6.54. The van der Waals surface area contributed by atoms with Gasteiger partial charge in [-0.2, -0.15) is 0 Å². The average Bonchev–Trinajstić information content (AvgIpc) is 3.19. The van der Waals surface area contributed by atoms with Crippen LogP contribution in [0.3, 0.4) is 0 Å². The van der Waals surface area contributed by atoms with Gasteiger partial charge in [-0.25, -0.2) is 9.38 Å². The molecule has 0 N–H and O–H groups in total. The van der Waals surface area contributed by atoms with Crippen LogP contribution >= 0.6 is 27.7 Å². The molecule has 1 amide bonds. The topological polar surface area (TPSA) is 37.6 Å². The molecule has 1 aliphatic heterocycles. The number of aryl methyl sites for hydroxylation is 1. The Hall–Kier alpha value is -2.64. The number of thioether (sulfide) groups is 1. The highest BCUT2D eigenvalue weighted by Gasteiger charge is 2.32. The predicted octanol–water partition coefficient (Wildman–Crippen LogP) is 6.62. The number of benzene rings is 2. The molecule has 0 saturated carbocycles. The molecule has 2 heterocycles. The predicted molar refractivity (Wildman–Crippen MR) is 129 cm³/mol. The van der Waals surface area contributed by atoms with E-state index >= 15 is 0 Å². The first kappa shape index (κ1) is 21.6. The summed E-state index contributed by atoms with van der Waals surface area (Å²) in [7, 11) is 0. The molecular weight excluding hydrogens is 477 g/mol. The van der Waals surface area contributed by atoms with E-state index in [1.54, 1.807) is 17.0 Å². The number of aromatic nitrogens is 1. The van der Waals surface area contributed by atoms with Gasteiger partial charge in [-0.3, -0.25) is 9.69 Å². The van der Waals surface area contributed by atoms with E-state index in [2.05, 4.69) is 57.5 Å². The Morgan fingerprint density at radius 2 is 1.77 bits per heavy atom. The van der Waals surface area contributed by atoms with Crippen LogP contribution in [0.15, 0.2) is 69.0 Å². The van der Waals surface area contributed by atoms with E-state index < -0.39 is 0 Å². The molecule has 3 aromatic rings. The summed E-state index contributed by atoms with van der Waals surface area (Å²) in [6.07, 6.45) is 1.93. The lowest BCUT2D eigenvalue weighted by atomic mass is 10.2. The van der Waals surface area contributed by atoms with Gasteiger partial charge in [0.05, 0.1) is 10.6 Å². The van der Waals surface area contributed by atoms with Crippen molar-refractivity contribution in [3.63, 3.8) is 0 Å². The van der Waals surface area contributed by atoms with Gasteiger partial charge in [-0.05, 0) is 98.8 Å². The number of rotatable bonds is 4. The van der Waals surface area contributed by atoms with Crippen molar-refractivity contribution in [3.05, 3.63) is 86.7 Å². The zero-order chi connectivity index (χ0) is 22.1. The zero-order valence-corrected chi connectivity index (χ0v) is 19.8. The number of nitrogens with zero attached hydrogens (tertiary/aromatic N) is 3. The van der Waals surface area contributed by atoms with Crippen molar-refractivity contribution in [2.45, 2.75) is 20.8 Å². The number of amidine groups is 1. The Labute approximate surface area is 193 Å². The Bertz CT molecular complexity index is 1200. The van der Waals surface area contributed by atoms with Crippen molar-refractivity contribution in [3.8, 4) is 5.69 Å². The molecule has 0 bridgehead atoms. The van der Waals surface area contributed by atoms with E-state index in [0.717, 1.165) is 27.1 Å². The number of amides is 1. The van der Waals surface area contributed by atoms with Crippen LogP contribution in [0.1, 0.15) is 23.9 Å². The van der Waals surface area contributed by atoms with E-state index in [1.807, 2.05) is 25.1 Å². The van der Waals surface area contributed by atoms with Gasteiger partial charge in [-0.1, -0.05) is 15.9 Å². The fraction of sp³-hybridized carbons (Fsp3) is 0.167. The van der Waals surface area contributed by atoms with Crippen LogP contribution in [-0.4, -0.2) is 27.1 Å². The molecule has 1 aliphatic rings. The highest BCUT2D eigenvalue weighted by atomic mass is 79.9. The molecule has 158 valence electrons. The van der Waals surface area contributed by atoms with E-state index in [9.17, 15) is 9.18 Å². The monoisotopic (exact) mass is 497 g/mol. The van der Waals surface area contributed by atoms with Crippen molar-refractivity contribution >= 4 is 50.5 Å². The number of aliphatic imine (C=N–C) groups is 1. The number of hydrogen-bond donors (Lipinski definition) is 0. The van der Waals surface area contributed by atoms with Gasteiger partial charge in [0.2, 0.25) is 0 Å². The third-order valence-electron chi connectivity index (χ3n) is 5.10. The molecule has 31 heavy (non-hydrogen) atoms. The summed E-state index contributed by atoms with van der Waals surface area (Å²) in [4.78, 5) is 19.8. The Balaban J connectivity index is 1.69. The summed E-state index contributed by atoms with van der Waals surface area (Å²) >= 11 is 4.82. The third kappa shape index (κ3) is 4.38. The molecule has 0 atom stereocenters. The quantitative estimate of drug-likeness (QED) is 0.379. The number of hydrogen-bond acceptors (Lipinski definition) is 3. The number of halogens is 2. The van der Waals surface area contributed by atoms with Gasteiger partial charge in [0.15, 0.2) is 5.17 Å². The largest absolute Gasteiger partial charge is 0.318 e. The van der Waals surface area contributed by atoms with Gasteiger partial charge in [0, 0.05) is 28.1 Å². The number of carbonyl (C=O) groups is 1. The van der Waals surface area contributed by atoms with Gasteiger partial charge in [0.25, 0.3) is 5.91 Å². The van der Waals surface area contributed by atoms with Crippen LogP contribution in [0.25, 0.3) is 11.8 Å². The molecule has 0 spiro atoms. The van der Waals surface area contributed by atoms with Gasteiger partial charge >= 0.3 is 0 Å². The normalized spacial score (nSPS) is 16.7. The van der Waals surface area contributed by atoms with Gasteiger partial charge in [-0.15, -0.1) is 0 Å². The fourth-order valence-electron chi connectivity index (χ4n) is 3.56. The van der Waals surface area contributed by atoms with Crippen LogP contribution in [-0.2, 0) is 4.79 Å². The highest BCUT2D eigenvalue weighted by molar-refractivity contribution is 9.10. The Morgan fingerprint density at radius 1 is 1.10 bits per heavy atom. The Morgan fingerprint density at radius 3 is 2.42 bits per heavy atom. The Kier molecular flexibility index (Phi) is 6.16.